The predicted molar refractivity (Wildman–Crippen MR) is 80.2 cm³/mol. The van der Waals surface area contributed by atoms with Crippen molar-refractivity contribution in [2.75, 3.05) is 20.1 Å². The number of rotatable bonds is 3. The van der Waals surface area contributed by atoms with Gasteiger partial charge in [0, 0.05) is 31.7 Å². The highest BCUT2D eigenvalue weighted by Gasteiger charge is 2.29. The highest BCUT2D eigenvalue weighted by molar-refractivity contribution is 6.30. The van der Waals surface area contributed by atoms with E-state index in [9.17, 15) is 9.59 Å². The third-order valence-electron chi connectivity index (χ3n) is 3.70. The van der Waals surface area contributed by atoms with Gasteiger partial charge in [-0.05, 0) is 30.5 Å². The summed E-state index contributed by atoms with van der Waals surface area (Å²) >= 11 is 5.83. The number of halogens is 1. The summed E-state index contributed by atoms with van der Waals surface area (Å²) in [6.45, 7) is 1.39. The van der Waals surface area contributed by atoms with E-state index < -0.39 is 11.9 Å². The average Bonchev–Trinajstić information content (AvgIpc) is 2.49. The van der Waals surface area contributed by atoms with E-state index in [1.807, 2.05) is 12.1 Å². The van der Waals surface area contributed by atoms with Crippen LogP contribution >= 0.6 is 11.6 Å². The Morgan fingerprint density at radius 3 is 2.67 bits per heavy atom. The highest BCUT2D eigenvalue weighted by Crippen LogP contribution is 2.18. The average molecular weight is 311 g/mol. The largest absolute Gasteiger partial charge is 0.481 e. The van der Waals surface area contributed by atoms with E-state index in [2.05, 4.69) is 0 Å². The van der Waals surface area contributed by atoms with E-state index >= 15 is 0 Å². The second-order valence-corrected chi connectivity index (χ2v) is 5.82. The summed E-state index contributed by atoms with van der Waals surface area (Å²) in [5, 5.41) is 9.73. The van der Waals surface area contributed by atoms with Gasteiger partial charge in [-0.3, -0.25) is 4.79 Å². The minimum absolute atomic E-state index is 0.129. The van der Waals surface area contributed by atoms with Gasteiger partial charge >= 0.3 is 12.0 Å². The van der Waals surface area contributed by atoms with Crippen LogP contribution in [0.5, 0.6) is 0 Å². The molecule has 1 heterocycles. The van der Waals surface area contributed by atoms with Gasteiger partial charge in [-0.15, -0.1) is 0 Å². The van der Waals surface area contributed by atoms with Crippen molar-refractivity contribution in [2.24, 2.45) is 5.92 Å². The molecule has 1 atom stereocenters. The first-order valence-electron chi connectivity index (χ1n) is 6.94. The molecule has 2 rings (SSSR count). The lowest BCUT2D eigenvalue weighted by atomic mass is 9.99. The molecule has 1 fully saturated rings. The normalized spacial score (nSPS) is 18.4. The highest BCUT2D eigenvalue weighted by atomic mass is 35.5. The van der Waals surface area contributed by atoms with E-state index in [1.54, 1.807) is 29.0 Å². The van der Waals surface area contributed by atoms with Crippen LogP contribution in [-0.2, 0) is 11.3 Å². The number of carboxylic acid groups (broad SMARTS) is 1. The Labute approximate surface area is 129 Å². The number of aliphatic carboxylic acids is 1. The van der Waals surface area contributed by atoms with Crippen LogP contribution in [0.15, 0.2) is 24.3 Å². The first-order valence-corrected chi connectivity index (χ1v) is 7.32. The van der Waals surface area contributed by atoms with Gasteiger partial charge in [-0.1, -0.05) is 23.7 Å². The van der Waals surface area contributed by atoms with Crippen LogP contribution in [0.1, 0.15) is 18.4 Å². The van der Waals surface area contributed by atoms with E-state index in [4.69, 9.17) is 16.7 Å². The molecule has 0 aliphatic carbocycles. The van der Waals surface area contributed by atoms with Gasteiger partial charge in [0.2, 0.25) is 0 Å². The topological polar surface area (TPSA) is 60.9 Å². The van der Waals surface area contributed by atoms with Crippen molar-refractivity contribution in [3.8, 4) is 0 Å². The van der Waals surface area contributed by atoms with Gasteiger partial charge in [0.05, 0.1) is 5.92 Å². The first kappa shape index (κ1) is 15.6. The molecule has 1 unspecified atom stereocenters. The van der Waals surface area contributed by atoms with Crippen LogP contribution in [0, 0.1) is 5.92 Å². The molecule has 0 bridgehead atoms. The zero-order valence-corrected chi connectivity index (χ0v) is 12.7. The maximum atomic E-state index is 12.4. The Balaban J connectivity index is 1.95. The third-order valence-corrected chi connectivity index (χ3v) is 3.95. The van der Waals surface area contributed by atoms with E-state index in [0.717, 1.165) is 12.0 Å². The molecular weight excluding hydrogens is 292 g/mol. The standard InChI is InChI=1S/C15H19ClN2O3/c1-17(9-11-4-6-13(16)7-5-11)15(21)18-8-2-3-12(10-18)14(19)20/h4-7,12H,2-3,8-10H2,1H3,(H,19,20). The molecule has 0 saturated carbocycles. The van der Waals surface area contributed by atoms with Crippen LogP contribution in [0.3, 0.4) is 0 Å². The van der Waals surface area contributed by atoms with Crippen molar-refractivity contribution in [2.45, 2.75) is 19.4 Å². The molecule has 1 saturated heterocycles. The molecule has 1 aromatic rings. The Kier molecular flexibility index (Phi) is 5.07. The number of carbonyl (C=O) groups excluding carboxylic acids is 1. The number of hydrogen-bond donors (Lipinski definition) is 1. The summed E-state index contributed by atoms with van der Waals surface area (Å²) in [6.07, 6.45) is 1.37. The number of benzene rings is 1. The molecule has 1 aromatic carbocycles. The van der Waals surface area contributed by atoms with Crippen molar-refractivity contribution in [3.05, 3.63) is 34.9 Å². The van der Waals surface area contributed by atoms with Gasteiger partial charge < -0.3 is 14.9 Å². The molecule has 114 valence electrons. The second-order valence-electron chi connectivity index (χ2n) is 5.39. The van der Waals surface area contributed by atoms with Gasteiger partial charge in [-0.2, -0.15) is 0 Å². The zero-order chi connectivity index (χ0) is 15.4. The fourth-order valence-corrected chi connectivity index (χ4v) is 2.65. The van der Waals surface area contributed by atoms with E-state index in [0.29, 0.717) is 31.1 Å². The monoisotopic (exact) mass is 310 g/mol. The predicted octanol–water partition coefficient (Wildman–Crippen LogP) is 2.69. The fraction of sp³-hybridized carbons (Fsp3) is 0.467. The lowest BCUT2D eigenvalue weighted by Gasteiger charge is -2.33. The molecule has 0 aromatic heterocycles. The fourth-order valence-electron chi connectivity index (χ4n) is 2.53. The van der Waals surface area contributed by atoms with Gasteiger partial charge in [0.25, 0.3) is 0 Å². The lowest BCUT2D eigenvalue weighted by Crippen LogP contribution is -2.47. The van der Waals surface area contributed by atoms with Crippen LogP contribution in [-0.4, -0.2) is 47.0 Å². The van der Waals surface area contributed by atoms with E-state index in [-0.39, 0.29) is 6.03 Å². The molecule has 0 spiro atoms. The Bertz CT molecular complexity index is 518. The Morgan fingerprint density at radius 1 is 1.38 bits per heavy atom. The number of hydrogen-bond acceptors (Lipinski definition) is 2. The number of piperidine rings is 1. The molecule has 1 aliphatic heterocycles. The molecule has 5 nitrogen and oxygen atoms in total. The van der Waals surface area contributed by atoms with Gasteiger partial charge in [0.15, 0.2) is 0 Å². The maximum Gasteiger partial charge on any atom is 0.320 e. The number of urea groups is 1. The second kappa shape index (κ2) is 6.80. The minimum atomic E-state index is -0.826. The smallest absolute Gasteiger partial charge is 0.320 e. The van der Waals surface area contributed by atoms with Crippen molar-refractivity contribution >= 4 is 23.6 Å². The Hall–Kier alpha value is -1.75. The summed E-state index contributed by atoms with van der Waals surface area (Å²) < 4.78 is 0. The zero-order valence-electron chi connectivity index (χ0n) is 12.0. The van der Waals surface area contributed by atoms with Crippen LogP contribution in [0.2, 0.25) is 5.02 Å². The van der Waals surface area contributed by atoms with Crippen LogP contribution in [0.25, 0.3) is 0 Å². The quantitative estimate of drug-likeness (QED) is 0.933. The summed E-state index contributed by atoms with van der Waals surface area (Å²) in [6, 6.07) is 7.20. The van der Waals surface area contributed by atoms with Crippen molar-refractivity contribution in [1.29, 1.82) is 0 Å². The number of carbonyl (C=O) groups is 2. The van der Waals surface area contributed by atoms with Crippen molar-refractivity contribution < 1.29 is 14.7 Å². The molecule has 1 aliphatic rings. The van der Waals surface area contributed by atoms with Crippen molar-refractivity contribution in [3.63, 3.8) is 0 Å². The SMILES string of the molecule is CN(Cc1ccc(Cl)cc1)C(=O)N1CCCC(C(=O)O)C1. The van der Waals surface area contributed by atoms with Crippen molar-refractivity contribution in [1.82, 2.24) is 9.80 Å². The lowest BCUT2D eigenvalue weighted by molar-refractivity contribution is -0.143. The van der Waals surface area contributed by atoms with Gasteiger partial charge in [0.1, 0.15) is 0 Å². The molecule has 2 amide bonds. The molecule has 6 heteroatoms. The Morgan fingerprint density at radius 2 is 2.05 bits per heavy atom. The molecule has 0 radical (unpaired) electrons. The minimum Gasteiger partial charge on any atom is -0.481 e. The summed E-state index contributed by atoms with van der Waals surface area (Å²) in [5.74, 6) is -1.28. The van der Waals surface area contributed by atoms with Crippen LogP contribution in [0.4, 0.5) is 4.79 Å². The van der Waals surface area contributed by atoms with E-state index in [1.165, 1.54) is 0 Å². The number of amides is 2. The number of nitrogens with zero attached hydrogens (tertiary/aromatic N) is 2. The number of likely N-dealkylation sites (tertiary alicyclic amines) is 1. The molecule has 1 N–H and O–H groups in total. The van der Waals surface area contributed by atoms with Crippen LogP contribution < -0.4 is 0 Å². The third kappa shape index (κ3) is 4.11. The molecular formula is C15H19ClN2O3. The summed E-state index contributed by atoms with van der Waals surface area (Å²) in [4.78, 5) is 26.6. The maximum absolute atomic E-state index is 12.4. The van der Waals surface area contributed by atoms with Gasteiger partial charge in [-0.25, -0.2) is 4.79 Å². The summed E-state index contributed by atoms with van der Waals surface area (Å²) in [5.41, 5.74) is 0.988. The first-order chi connectivity index (χ1) is 9.97. The summed E-state index contributed by atoms with van der Waals surface area (Å²) in [7, 11) is 1.72. The molecule has 21 heavy (non-hydrogen) atoms. The number of carboxylic acids is 1.